The molecule has 0 spiro atoms. The zero-order valence-electron chi connectivity index (χ0n) is 37.0. The van der Waals surface area contributed by atoms with Crippen LogP contribution in [0.4, 0.5) is 0 Å². The lowest BCUT2D eigenvalue weighted by atomic mass is 10.1. The van der Waals surface area contributed by atoms with E-state index in [9.17, 15) is 33.8 Å². The van der Waals surface area contributed by atoms with Crippen LogP contribution < -0.4 is 0 Å². The summed E-state index contributed by atoms with van der Waals surface area (Å²) in [6.45, 7) is 1.39. The maximum absolute atomic E-state index is 12.7. The summed E-state index contributed by atoms with van der Waals surface area (Å²) < 4.78 is 47.6. The van der Waals surface area contributed by atoms with E-state index in [0.717, 1.165) is 70.6 Å². The number of phosphoric ester groups is 2. The fourth-order valence-corrected chi connectivity index (χ4v) is 6.35. The maximum Gasteiger partial charge on any atom is 0.472 e. The van der Waals surface area contributed by atoms with Crippen molar-refractivity contribution in [3.8, 4) is 0 Å². The summed E-state index contributed by atoms with van der Waals surface area (Å²) in [7, 11) is -9.75. The molecule has 0 radical (unpaired) electrons. The van der Waals surface area contributed by atoms with Gasteiger partial charge in [-0.25, -0.2) is 9.13 Å². The zero-order chi connectivity index (χ0) is 46.0. The Morgan fingerprint density at radius 2 is 1.10 bits per heavy atom. The third-order valence-electron chi connectivity index (χ3n) is 8.54. The van der Waals surface area contributed by atoms with E-state index in [2.05, 4.69) is 83.7 Å². The molecule has 4 atom stereocenters. The molecule has 0 heterocycles. The van der Waals surface area contributed by atoms with Crippen LogP contribution in [0.5, 0.6) is 0 Å². The zero-order valence-corrected chi connectivity index (χ0v) is 38.8. The smallest absolute Gasteiger partial charge is 0.462 e. The van der Waals surface area contributed by atoms with Crippen molar-refractivity contribution in [1.29, 1.82) is 0 Å². The van der Waals surface area contributed by atoms with Crippen molar-refractivity contribution >= 4 is 27.6 Å². The number of esters is 2. The number of phosphoric acid groups is 2. The number of aliphatic hydroxyl groups is 2. The van der Waals surface area contributed by atoms with Crippen molar-refractivity contribution in [3.63, 3.8) is 0 Å². The van der Waals surface area contributed by atoms with Crippen molar-refractivity contribution in [3.05, 3.63) is 97.2 Å². The van der Waals surface area contributed by atoms with Crippen LogP contribution >= 0.6 is 15.6 Å². The van der Waals surface area contributed by atoms with Gasteiger partial charge in [0.2, 0.25) is 0 Å². The molecular weight excluding hydrogens is 838 g/mol. The van der Waals surface area contributed by atoms with E-state index in [-0.39, 0.29) is 12.8 Å². The average molecular weight is 915 g/mol. The third-order valence-corrected chi connectivity index (χ3v) is 9.98. The van der Waals surface area contributed by atoms with Crippen LogP contribution in [0.2, 0.25) is 0 Å². The highest BCUT2D eigenvalue weighted by Gasteiger charge is 2.28. The molecule has 16 heteroatoms. The second-order valence-corrected chi connectivity index (χ2v) is 17.1. The second kappa shape index (κ2) is 40.8. The monoisotopic (exact) mass is 914 g/mol. The lowest BCUT2D eigenvalue weighted by Crippen LogP contribution is -2.29. The largest absolute Gasteiger partial charge is 0.472 e. The minimum absolute atomic E-state index is 0.0198. The Balaban J connectivity index is 4.76. The van der Waals surface area contributed by atoms with Gasteiger partial charge in [-0.3, -0.25) is 23.2 Å². The quantitative estimate of drug-likeness (QED) is 0.0127. The molecule has 0 aliphatic carbocycles. The number of hydrogen-bond donors (Lipinski definition) is 5. The fraction of sp³-hybridized carbons (Fsp3) is 0.609. The van der Waals surface area contributed by atoms with Crippen molar-refractivity contribution in [2.24, 2.45) is 0 Å². The van der Waals surface area contributed by atoms with E-state index in [0.29, 0.717) is 19.3 Å². The van der Waals surface area contributed by atoms with Crippen molar-refractivity contribution < 1.29 is 66.7 Å². The van der Waals surface area contributed by atoms with Gasteiger partial charge >= 0.3 is 27.6 Å². The highest BCUT2D eigenvalue weighted by Crippen LogP contribution is 2.43. The van der Waals surface area contributed by atoms with Gasteiger partial charge in [0.05, 0.1) is 25.9 Å². The molecule has 0 aromatic rings. The number of carbonyl (C=O) groups is 2. The van der Waals surface area contributed by atoms with E-state index in [4.69, 9.17) is 23.8 Å². The number of rotatable bonds is 40. The summed E-state index contributed by atoms with van der Waals surface area (Å²) in [5, 5.41) is 19.9. The van der Waals surface area contributed by atoms with Gasteiger partial charge < -0.3 is 34.4 Å². The lowest BCUT2D eigenvalue weighted by Gasteiger charge is -2.20. The summed E-state index contributed by atoms with van der Waals surface area (Å²) in [5.41, 5.74) is 0. The van der Waals surface area contributed by atoms with Gasteiger partial charge in [0, 0.05) is 12.8 Å². The number of carbonyl (C=O) groups excluding carboxylic acids is 2. The molecule has 14 nitrogen and oxygen atoms in total. The summed E-state index contributed by atoms with van der Waals surface area (Å²) in [6.07, 6.45) is 44.3. The van der Waals surface area contributed by atoms with Gasteiger partial charge in [-0.1, -0.05) is 143 Å². The minimum atomic E-state index is -4.89. The number of unbranched alkanes of at least 4 members (excludes halogenated alkanes) is 8. The number of allylic oxidation sites excluding steroid dienone is 14. The van der Waals surface area contributed by atoms with Gasteiger partial charge in [-0.2, -0.15) is 0 Å². The topological polar surface area (TPSA) is 216 Å². The highest BCUT2D eigenvalue weighted by molar-refractivity contribution is 7.47. The first-order chi connectivity index (χ1) is 29.8. The second-order valence-electron chi connectivity index (χ2n) is 14.4. The van der Waals surface area contributed by atoms with E-state index in [1.165, 1.54) is 19.3 Å². The van der Waals surface area contributed by atoms with Gasteiger partial charge in [0.25, 0.3) is 0 Å². The third kappa shape index (κ3) is 43.6. The van der Waals surface area contributed by atoms with Crippen LogP contribution in [0.25, 0.3) is 0 Å². The summed E-state index contributed by atoms with van der Waals surface area (Å²) in [6, 6.07) is 0. The Labute approximate surface area is 371 Å². The van der Waals surface area contributed by atoms with Gasteiger partial charge in [-0.05, 0) is 77.0 Å². The number of aliphatic hydroxyl groups excluding tert-OH is 2. The molecule has 0 fully saturated rings. The molecule has 5 N–H and O–H groups in total. The molecule has 0 aliphatic rings. The Bertz CT molecular complexity index is 1480. The van der Waals surface area contributed by atoms with E-state index in [1.807, 2.05) is 12.2 Å². The molecule has 0 bridgehead atoms. The van der Waals surface area contributed by atoms with Crippen LogP contribution in [-0.2, 0) is 41.8 Å². The minimum Gasteiger partial charge on any atom is -0.462 e. The lowest BCUT2D eigenvalue weighted by molar-refractivity contribution is -0.161. The molecule has 354 valence electrons. The Morgan fingerprint density at radius 3 is 1.74 bits per heavy atom. The van der Waals surface area contributed by atoms with Gasteiger partial charge in [-0.15, -0.1) is 0 Å². The molecule has 0 saturated heterocycles. The predicted molar refractivity (Wildman–Crippen MR) is 245 cm³/mol. The van der Waals surface area contributed by atoms with E-state index in [1.54, 1.807) is 24.3 Å². The predicted octanol–water partition coefficient (Wildman–Crippen LogP) is 10.3. The summed E-state index contributed by atoms with van der Waals surface area (Å²) >= 11 is 0. The van der Waals surface area contributed by atoms with Gasteiger partial charge in [0.1, 0.15) is 12.7 Å². The molecule has 62 heavy (non-hydrogen) atoms. The number of ether oxygens (including phenoxy) is 2. The van der Waals surface area contributed by atoms with Crippen molar-refractivity contribution in [1.82, 2.24) is 0 Å². The molecule has 2 unspecified atom stereocenters. The van der Waals surface area contributed by atoms with Gasteiger partial charge in [0.15, 0.2) is 6.10 Å². The van der Waals surface area contributed by atoms with Crippen LogP contribution in [0.3, 0.4) is 0 Å². The average Bonchev–Trinajstić information content (AvgIpc) is 3.23. The highest BCUT2D eigenvalue weighted by atomic mass is 31.2. The Hall–Kier alpha value is -3.00. The summed E-state index contributed by atoms with van der Waals surface area (Å²) in [5.74, 6) is -1.24. The van der Waals surface area contributed by atoms with Crippen LogP contribution in [0, 0.1) is 0 Å². The van der Waals surface area contributed by atoms with Crippen LogP contribution in [0.15, 0.2) is 97.2 Å². The standard InChI is InChI=1S/C46H76O14P2/c1-3-5-7-9-11-13-15-17-18-20-22-24-26-28-32-37-46(50)60-44(41-59-62(54,55)58-39-43(48)38-57-61(51,52)53)40-56-45(49)36-33-29-31-35-42(47)34-30-27-25-23-21-19-16-14-12-10-8-6-4-2/h6,8,11-14,17-19,21,25,27,29-31,34,42-44,47-48H,3-5,7,9-10,15-16,20,22-24,26,28,32-33,35-41H2,1-2H3,(H,54,55)(H2,51,52,53)/b8-6-,13-11-,14-12-,18-17-,21-19-,27-25-,31-29-,34-30-/t42?,43-,44+/m0/s1. The maximum atomic E-state index is 12.7. The molecule has 0 aromatic carbocycles. The molecule has 0 saturated carbocycles. The molecule has 0 amide bonds. The van der Waals surface area contributed by atoms with Crippen LogP contribution in [0.1, 0.15) is 136 Å². The van der Waals surface area contributed by atoms with E-state index >= 15 is 0 Å². The Morgan fingerprint density at radius 1 is 0.548 bits per heavy atom. The molecular formula is C46H76O14P2. The first-order valence-corrected chi connectivity index (χ1v) is 25.1. The first kappa shape index (κ1) is 59.0. The number of hydrogen-bond acceptors (Lipinski definition) is 11. The van der Waals surface area contributed by atoms with Crippen molar-refractivity contribution in [2.75, 3.05) is 26.4 Å². The Kier molecular flexibility index (Phi) is 38.8. The molecule has 0 aromatic heterocycles. The molecule has 0 rings (SSSR count). The fourth-order valence-electron chi connectivity index (χ4n) is 5.19. The SMILES string of the molecule is CC/C=C\C/C=C\C/C=C\C/C=C\C=C/C(O)C/C=C\CCC(=O)OC[C@H](COP(=O)(O)OC[C@@H](O)COP(=O)(O)O)OC(=O)CCCCCCC/C=C\C/C=C\CCCCC. The van der Waals surface area contributed by atoms with Crippen LogP contribution in [-0.4, -0.2) is 81.6 Å². The first-order valence-electron chi connectivity index (χ1n) is 22.0. The summed E-state index contributed by atoms with van der Waals surface area (Å²) in [4.78, 5) is 52.7. The molecule has 0 aliphatic heterocycles. The van der Waals surface area contributed by atoms with E-state index < -0.39 is 72.3 Å². The van der Waals surface area contributed by atoms with Crippen molar-refractivity contribution in [2.45, 2.75) is 154 Å². The normalized spacial score (nSPS) is 15.4.